The number of nitro benzene ring substituents is 1. The van der Waals surface area contributed by atoms with Gasteiger partial charge in [0.15, 0.2) is 0 Å². The number of hydrogen-bond donors (Lipinski definition) is 2. The summed E-state index contributed by atoms with van der Waals surface area (Å²) in [5, 5.41) is 17.0. The van der Waals surface area contributed by atoms with Crippen molar-refractivity contribution in [2.45, 2.75) is 77.4 Å². The highest BCUT2D eigenvalue weighted by molar-refractivity contribution is 5.79. The van der Waals surface area contributed by atoms with E-state index in [9.17, 15) is 32.9 Å². The number of piperidine rings is 2. The second-order valence-corrected chi connectivity index (χ2v) is 10.7. The number of alkyl halides is 3. The van der Waals surface area contributed by atoms with Gasteiger partial charge < -0.3 is 20.4 Å². The molecular weight excluding hydrogens is 515 g/mol. The highest BCUT2D eigenvalue weighted by Crippen LogP contribution is 2.38. The van der Waals surface area contributed by atoms with Crippen LogP contribution in [0.15, 0.2) is 18.2 Å². The number of carbonyl (C=O) groups is 2. The maximum absolute atomic E-state index is 13.2. The van der Waals surface area contributed by atoms with Gasteiger partial charge in [0.25, 0.3) is 5.69 Å². The van der Waals surface area contributed by atoms with Crippen molar-refractivity contribution in [1.29, 1.82) is 0 Å². The Bertz CT molecular complexity index is 1000. The lowest BCUT2D eigenvalue weighted by molar-refractivity contribution is -0.388. The van der Waals surface area contributed by atoms with Crippen LogP contribution in [0.2, 0.25) is 0 Å². The van der Waals surface area contributed by atoms with Gasteiger partial charge in [0.2, 0.25) is 5.91 Å². The molecule has 2 saturated heterocycles. The molecule has 1 aliphatic carbocycles. The quantitative estimate of drug-likeness (QED) is 0.348. The zero-order valence-corrected chi connectivity index (χ0v) is 21.5. The number of nitro groups is 1. The third-order valence-corrected chi connectivity index (χ3v) is 8.07. The van der Waals surface area contributed by atoms with Crippen LogP contribution in [-0.2, 0) is 11.0 Å². The number of nitrogens with zero attached hydrogens (tertiary/aromatic N) is 3. The number of urea groups is 1. The minimum absolute atomic E-state index is 0. The minimum Gasteiger partial charge on any atom is -0.382 e. The Labute approximate surface area is 227 Å². The van der Waals surface area contributed by atoms with Gasteiger partial charge in [-0.15, -0.1) is 0 Å². The van der Waals surface area contributed by atoms with E-state index in [0.29, 0.717) is 44.3 Å². The van der Waals surface area contributed by atoms with Gasteiger partial charge in [-0.3, -0.25) is 14.9 Å². The predicted molar refractivity (Wildman–Crippen MR) is 142 cm³/mol. The Morgan fingerprint density at radius 3 is 2.15 bits per heavy atom. The molecule has 12 heteroatoms. The summed E-state index contributed by atoms with van der Waals surface area (Å²) in [4.78, 5) is 39.0. The van der Waals surface area contributed by atoms with Crippen molar-refractivity contribution in [3.8, 4) is 0 Å². The zero-order valence-electron chi connectivity index (χ0n) is 21.5. The first-order valence-electron chi connectivity index (χ1n) is 13.6. The van der Waals surface area contributed by atoms with E-state index < -0.39 is 22.4 Å². The highest BCUT2D eigenvalue weighted by atomic mass is 19.4. The van der Waals surface area contributed by atoms with E-state index in [1.54, 1.807) is 4.90 Å². The molecule has 0 radical (unpaired) electrons. The number of amides is 3. The second-order valence-electron chi connectivity index (χ2n) is 10.7. The van der Waals surface area contributed by atoms with Crippen molar-refractivity contribution in [2.75, 3.05) is 38.0 Å². The van der Waals surface area contributed by atoms with Crippen LogP contribution in [-0.4, -0.2) is 65.4 Å². The summed E-state index contributed by atoms with van der Waals surface area (Å²) in [6.45, 7) is 2.95. The molecule has 0 aromatic heterocycles. The number of hydrogen-bond acceptors (Lipinski definition) is 5. The summed E-state index contributed by atoms with van der Waals surface area (Å²) in [5.41, 5.74) is -2.09. The second kappa shape index (κ2) is 13.3. The van der Waals surface area contributed by atoms with Crippen molar-refractivity contribution in [3.63, 3.8) is 0 Å². The molecule has 9 nitrogen and oxygen atoms in total. The first-order valence-corrected chi connectivity index (χ1v) is 13.6. The molecule has 2 N–H and O–H groups in total. The summed E-state index contributed by atoms with van der Waals surface area (Å²) in [6.07, 6.45) is 3.53. The lowest BCUT2D eigenvalue weighted by Crippen LogP contribution is -2.49. The van der Waals surface area contributed by atoms with Gasteiger partial charge in [0.05, 0.1) is 4.92 Å². The molecule has 1 aromatic carbocycles. The molecule has 39 heavy (non-hydrogen) atoms. The van der Waals surface area contributed by atoms with Crippen LogP contribution in [0.5, 0.6) is 0 Å². The topological polar surface area (TPSA) is 108 Å². The number of likely N-dealkylation sites (tertiary alicyclic amines) is 2. The maximum Gasteiger partial charge on any atom is 0.423 e. The standard InChI is InChI=1S/C26H36F3N5O4.CH4/c27-26(28,29)22-16-21(6-7-23(22)34(37)38)31-20-10-14-33(15-11-20)25(36)30-17-18-8-12-32(13-9-18)24(35)19-4-2-1-3-5-19;/h6-7,16,18-20,31H,1-5,8-15,17H2,(H,30,36);1H4. The summed E-state index contributed by atoms with van der Waals surface area (Å²) >= 11 is 0. The van der Waals surface area contributed by atoms with Crippen molar-refractivity contribution >= 4 is 23.3 Å². The first kappa shape index (κ1) is 30.5. The third-order valence-electron chi connectivity index (χ3n) is 8.07. The molecule has 0 atom stereocenters. The van der Waals surface area contributed by atoms with Gasteiger partial charge in [-0.05, 0) is 56.6 Å². The van der Waals surface area contributed by atoms with E-state index in [2.05, 4.69) is 10.6 Å². The molecule has 1 aromatic rings. The average molecular weight is 556 g/mol. The molecule has 2 heterocycles. The SMILES string of the molecule is C.O=C(NCC1CCN(C(=O)C2CCCCC2)CC1)N1CCC(Nc2ccc([N+](=O)[O-])c(C(F)(F)F)c2)CC1. The van der Waals surface area contributed by atoms with Gasteiger partial charge in [0, 0.05) is 56.4 Å². The van der Waals surface area contributed by atoms with Crippen molar-refractivity contribution in [1.82, 2.24) is 15.1 Å². The number of halogens is 3. The fraction of sp³-hybridized carbons (Fsp3) is 0.704. The van der Waals surface area contributed by atoms with Crippen molar-refractivity contribution in [3.05, 3.63) is 33.9 Å². The average Bonchev–Trinajstić information content (AvgIpc) is 2.92. The molecule has 0 spiro atoms. The molecule has 0 bridgehead atoms. The number of carbonyl (C=O) groups excluding carboxylic acids is 2. The first-order chi connectivity index (χ1) is 18.1. The lowest BCUT2D eigenvalue weighted by atomic mass is 9.87. The smallest absolute Gasteiger partial charge is 0.382 e. The van der Waals surface area contributed by atoms with Crippen LogP contribution in [0.25, 0.3) is 0 Å². The Kier molecular flexibility index (Phi) is 10.4. The van der Waals surface area contributed by atoms with Crippen LogP contribution in [0.3, 0.4) is 0 Å². The maximum atomic E-state index is 13.2. The monoisotopic (exact) mass is 555 g/mol. The molecule has 4 rings (SSSR count). The van der Waals surface area contributed by atoms with Crippen LogP contribution >= 0.6 is 0 Å². The summed E-state index contributed by atoms with van der Waals surface area (Å²) in [5.74, 6) is 0.815. The highest BCUT2D eigenvalue weighted by Gasteiger charge is 2.38. The molecule has 2 aliphatic heterocycles. The van der Waals surface area contributed by atoms with E-state index in [0.717, 1.165) is 63.7 Å². The van der Waals surface area contributed by atoms with E-state index in [1.165, 1.54) is 12.5 Å². The van der Waals surface area contributed by atoms with Gasteiger partial charge in [0.1, 0.15) is 5.56 Å². The van der Waals surface area contributed by atoms with Crippen LogP contribution in [0, 0.1) is 22.0 Å². The summed E-state index contributed by atoms with van der Waals surface area (Å²) < 4.78 is 39.7. The Morgan fingerprint density at radius 1 is 0.949 bits per heavy atom. The van der Waals surface area contributed by atoms with Crippen LogP contribution in [0.4, 0.5) is 29.3 Å². The molecule has 0 unspecified atom stereocenters. The lowest BCUT2D eigenvalue weighted by Gasteiger charge is -2.36. The fourth-order valence-electron chi connectivity index (χ4n) is 5.78. The predicted octanol–water partition coefficient (Wildman–Crippen LogP) is 5.65. The fourth-order valence-corrected chi connectivity index (χ4v) is 5.78. The van der Waals surface area contributed by atoms with Crippen LogP contribution in [0.1, 0.15) is 70.8 Å². The van der Waals surface area contributed by atoms with E-state index >= 15 is 0 Å². The summed E-state index contributed by atoms with van der Waals surface area (Å²) in [6, 6.07) is 2.61. The van der Waals surface area contributed by atoms with Gasteiger partial charge in [-0.25, -0.2) is 4.79 Å². The normalized spacial score (nSPS) is 19.8. The Hall–Kier alpha value is -3.05. The van der Waals surface area contributed by atoms with Gasteiger partial charge in [-0.1, -0.05) is 26.7 Å². The molecule has 1 saturated carbocycles. The number of benzene rings is 1. The van der Waals surface area contributed by atoms with Crippen molar-refractivity contribution in [2.24, 2.45) is 11.8 Å². The molecule has 3 fully saturated rings. The molecular formula is C27H40F3N5O4. The third kappa shape index (κ3) is 7.98. The number of nitrogens with one attached hydrogen (secondary N) is 2. The summed E-state index contributed by atoms with van der Waals surface area (Å²) in [7, 11) is 0. The van der Waals surface area contributed by atoms with Gasteiger partial charge >= 0.3 is 12.2 Å². The molecule has 3 amide bonds. The largest absolute Gasteiger partial charge is 0.423 e. The molecule has 3 aliphatic rings. The zero-order chi connectivity index (χ0) is 27.3. The van der Waals surface area contributed by atoms with E-state index in [1.807, 2.05) is 4.90 Å². The minimum atomic E-state index is -4.83. The van der Waals surface area contributed by atoms with E-state index in [4.69, 9.17) is 0 Å². The number of rotatable bonds is 6. The van der Waals surface area contributed by atoms with Gasteiger partial charge in [-0.2, -0.15) is 13.2 Å². The Balaban J connectivity index is 0.00000420. The number of anilines is 1. The Morgan fingerprint density at radius 2 is 1.56 bits per heavy atom. The van der Waals surface area contributed by atoms with Crippen molar-refractivity contribution < 1.29 is 27.7 Å². The molecule has 218 valence electrons. The van der Waals surface area contributed by atoms with Crippen LogP contribution < -0.4 is 10.6 Å². The van der Waals surface area contributed by atoms with E-state index in [-0.39, 0.29) is 31.1 Å².